The van der Waals surface area contributed by atoms with Crippen molar-refractivity contribution in [1.29, 1.82) is 0 Å². The van der Waals surface area contributed by atoms with Crippen molar-refractivity contribution >= 4 is 29.4 Å². The van der Waals surface area contributed by atoms with Gasteiger partial charge in [0.15, 0.2) is 5.16 Å². The van der Waals surface area contributed by atoms with E-state index in [1.165, 1.54) is 11.8 Å². The molecule has 2 aliphatic rings. The summed E-state index contributed by atoms with van der Waals surface area (Å²) in [6, 6.07) is 0. The molecule has 6 nitrogen and oxygen atoms in total. The van der Waals surface area contributed by atoms with Crippen molar-refractivity contribution in [2.75, 3.05) is 38.3 Å². The van der Waals surface area contributed by atoms with Gasteiger partial charge in [0, 0.05) is 32.4 Å². The van der Waals surface area contributed by atoms with Gasteiger partial charge in [-0.2, -0.15) is 0 Å². The lowest BCUT2D eigenvalue weighted by molar-refractivity contribution is -0.127. The molecule has 1 aromatic rings. The van der Waals surface area contributed by atoms with Crippen LogP contribution >= 0.6 is 23.5 Å². The van der Waals surface area contributed by atoms with Crippen LogP contribution in [0.1, 0.15) is 18.5 Å². The molecule has 0 N–H and O–H groups in total. The van der Waals surface area contributed by atoms with Gasteiger partial charge in [0.2, 0.25) is 5.91 Å². The molecule has 2 aliphatic heterocycles. The van der Waals surface area contributed by atoms with E-state index in [9.17, 15) is 9.59 Å². The number of aromatic nitrogens is 2. The number of nitrogens with zero attached hydrogens (tertiary/aromatic N) is 3. The van der Waals surface area contributed by atoms with Gasteiger partial charge in [-0.15, -0.1) is 11.8 Å². The van der Waals surface area contributed by atoms with Crippen molar-refractivity contribution in [1.82, 2.24) is 14.5 Å². The number of likely N-dealkylation sites (tertiary alicyclic amines) is 1. The van der Waals surface area contributed by atoms with E-state index in [4.69, 9.17) is 4.74 Å². The third-order valence-corrected chi connectivity index (χ3v) is 6.12. The molecule has 1 saturated heterocycles. The van der Waals surface area contributed by atoms with Gasteiger partial charge in [0.1, 0.15) is 0 Å². The normalized spacial score (nSPS) is 16.8. The minimum Gasteiger partial charge on any atom is -0.383 e. The highest BCUT2D eigenvalue weighted by Gasteiger charge is 2.23. The van der Waals surface area contributed by atoms with E-state index >= 15 is 0 Å². The van der Waals surface area contributed by atoms with Crippen LogP contribution in [0.5, 0.6) is 0 Å². The quantitative estimate of drug-likeness (QED) is 0.565. The Labute approximate surface area is 144 Å². The van der Waals surface area contributed by atoms with Gasteiger partial charge in [-0.1, -0.05) is 11.8 Å². The number of carbonyl (C=O) groups is 1. The molecule has 23 heavy (non-hydrogen) atoms. The van der Waals surface area contributed by atoms with Gasteiger partial charge in [-0.3, -0.25) is 14.2 Å². The molecule has 0 bridgehead atoms. The average Bonchev–Trinajstić information content (AvgIpc) is 3.23. The maximum Gasteiger partial charge on any atom is 0.268 e. The zero-order valence-electron chi connectivity index (χ0n) is 13.2. The fourth-order valence-corrected chi connectivity index (χ4v) is 4.79. The SMILES string of the molecule is COCCn1c(SCC(=O)N2CCCC2)nc2c(c1=O)SCC2. The first kappa shape index (κ1) is 16.9. The summed E-state index contributed by atoms with van der Waals surface area (Å²) in [5.74, 6) is 1.38. The standard InChI is InChI=1S/C15H21N3O3S2/c1-21-8-7-18-14(20)13-11(4-9-22-13)16-15(18)23-10-12(19)17-5-2-3-6-17/h2-10H2,1H3. The monoisotopic (exact) mass is 355 g/mol. The number of rotatable bonds is 6. The van der Waals surface area contributed by atoms with Crippen molar-refractivity contribution in [3.63, 3.8) is 0 Å². The third-order valence-electron chi connectivity index (χ3n) is 4.05. The second-order valence-corrected chi connectivity index (χ2v) is 7.64. The van der Waals surface area contributed by atoms with E-state index in [1.807, 2.05) is 4.90 Å². The summed E-state index contributed by atoms with van der Waals surface area (Å²) < 4.78 is 6.76. The fraction of sp³-hybridized carbons (Fsp3) is 0.667. The molecule has 3 heterocycles. The van der Waals surface area contributed by atoms with Gasteiger partial charge < -0.3 is 9.64 Å². The van der Waals surface area contributed by atoms with Gasteiger partial charge in [-0.05, 0) is 12.8 Å². The first-order valence-electron chi connectivity index (χ1n) is 7.86. The summed E-state index contributed by atoms with van der Waals surface area (Å²) >= 11 is 2.94. The number of hydrogen-bond donors (Lipinski definition) is 0. The number of aryl methyl sites for hydroxylation is 1. The van der Waals surface area contributed by atoms with Gasteiger partial charge >= 0.3 is 0 Å². The van der Waals surface area contributed by atoms with Crippen molar-refractivity contribution in [2.45, 2.75) is 35.9 Å². The molecule has 0 atom stereocenters. The van der Waals surface area contributed by atoms with Crippen LogP contribution in [-0.2, 0) is 22.5 Å². The first-order chi connectivity index (χ1) is 11.2. The molecule has 0 radical (unpaired) electrons. The number of carbonyl (C=O) groups excluding carboxylic acids is 1. The largest absolute Gasteiger partial charge is 0.383 e. The molecule has 0 saturated carbocycles. The van der Waals surface area contributed by atoms with E-state index in [0.29, 0.717) is 24.1 Å². The lowest BCUT2D eigenvalue weighted by Gasteiger charge is -2.16. The van der Waals surface area contributed by atoms with Crippen molar-refractivity contribution in [3.8, 4) is 0 Å². The summed E-state index contributed by atoms with van der Waals surface area (Å²) in [5, 5.41) is 0.640. The Morgan fingerprint density at radius 2 is 2.17 bits per heavy atom. The predicted molar refractivity (Wildman–Crippen MR) is 91.3 cm³/mol. The Kier molecular flexibility index (Phi) is 5.66. The molecular weight excluding hydrogens is 334 g/mol. The molecule has 0 aromatic carbocycles. The van der Waals surface area contributed by atoms with Crippen molar-refractivity contribution in [3.05, 3.63) is 16.0 Å². The Hall–Kier alpha value is -0.990. The van der Waals surface area contributed by atoms with Crippen LogP contribution in [0.4, 0.5) is 0 Å². The van der Waals surface area contributed by atoms with Crippen LogP contribution < -0.4 is 5.56 Å². The second kappa shape index (κ2) is 7.72. The fourth-order valence-electron chi connectivity index (χ4n) is 2.80. The molecular formula is C15H21N3O3S2. The molecule has 1 fully saturated rings. The number of ether oxygens (including phenoxy) is 1. The Morgan fingerprint density at radius 3 is 2.91 bits per heavy atom. The molecule has 3 rings (SSSR count). The number of thioether (sulfide) groups is 2. The summed E-state index contributed by atoms with van der Waals surface area (Å²) in [5.41, 5.74) is 0.885. The first-order valence-corrected chi connectivity index (χ1v) is 9.84. The third kappa shape index (κ3) is 3.75. The summed E-state index contributed by atoms with van der Waals surface area (Å²) in [7, 11) is 1.62. The van der Waals surface area contributed by atoms with Crippen molar-refractivity contribution < 1.29 is 9.53 Å². The summed E-state index contributed by atoms with van der Waals surface area (Å²) in [4.78, 5) is 32.2. The summed E-state index contributed by atoms with van der Waals surface area (Å²) in [6.07, 6.45) is 3.00. The Bertz CT molecular complexity index is 642. The zero-order valence-corrected chi connectivity index (χ0v) is 14.9. The molecule has 1 amide bonds. The van der Waals surface area contributed by atoms with Crippen LogP contribution in [0.25, 0.3) is 0 Å². The smallest absolute Gasteiger partial charge is 0.268 e. The van der Waals surface area contributed by atoms with Gasteiger partial charge in [-0.25, -0.2) is 4.98 Å². The average molecular weight is 355 g/mol. The zero-order chi connectivity index (χ0) is 16.2. The van der Waals surface area contributed by atoms with Gasteiger partial charge in [0.05, 0.1) is 29.5 Å². The lowest BCUT2D eigenvalue weighted by atomic mass is 10.3. The van der Waals surface area contributed by atoms with Crippen LogP contribution in [0.2, 0.25) is 0 Å². The van der Waals surface area contributed by atoms with E-state index in [-0.39, 0.29) is 11.5 Å². The number of amides is 1. The highest BCUT2D eigenvalue weighted by molar-refractivity contribution is 8.00. The predicted octanol–water partition coefficient (Wildman–Crippen LogP) is 1.25. The van der Waals surface area contributed by atoms with E-state index in [0.717, 1.165) is 48.7 Å². The molecule has 0 aliphatic carbocycles. The van der Waals surface area contributed by atoms with Gasteiger partial charge in [0.25, 0.3) is 5.56 Å². The molecule has 126 valence electrons. The van der Waals surface area contributed by atoms with Crippen LogP contribution in [0.15, 0.2) is 14.8 Å². The molecule has 1 aromatic heterocycles. The van der Waals surface area contributed by atoms with Crippen LogP contribution in [0.3, 0.4) is 0 Å². The second-order valence-electron chi connectivity index (χ2n) is 5.59. The minimum absolute atomic E-state index is 0.00525. The van der Waals surface area contributed by atoms with Crippen LogP contribution in [0, 0.1) is 0 Å². The van der Waals surface area contributed by atoms with Crippen LogP contribution in [-0.4, -0.2) is 58.7 Å². The maximum atomic E-state index is 12.6. The number of hydrogen-bond acceptors (Lipinski definition) is 6. The molecule has 0 unspecified atom stereocenters. The molecule has 0 spiro atoms. The topological polar surface area (TPSA) is 64.4 Å². The maximum absolute atomic E-state index is 12.6. The van der Waals surface area contributed by atoms with E-state index in [2.05, 4.69) is 4.98 Å². The number of methoxy groups -OCH3 is 1. The minimum atomic E-state index is 0.00525. The van der Waals surface area contributed by atoms with E-state index in [1.54, 1.807) is 23.4 Å². The Balaban J connectivity index is 1.78. The van der Waals surface area contributed by atoms with Crippen molar-refractivity contribution in [2.24, 2.45) is 0 Å². The number of fused-ring (bicyclic) bond motifs is 1. The Morgan fingerprint density at radius 1 is 1.39 bits per heavy atom. The van der Waals surface area contributed by atoms with E-state index < -0.39 is 0 Å². The summed E-state index contributed by atoms with van der Waals surface area (Å²) in [6.45, 7) is 2.63. The highest BCUT2D eigenvalue weighted by atomic mass is 32.2. The highest BCUT2D eigenvalue weighted by Crippen LogP contribution is 2.28. The molecule has 8 heteroatoms. The lowest BCUT2D eigenvalue weighted by Crippen LogP contribution is -2.30.